The van der Waals surface area contributed by atoms with Crippen molar-refractivity contribution in [1.82, 2.24) is 0 Å². The zero-order valence-electron chi connectivity index (χ0n) is 10.6. The summed E-state index contributed by atoms with van der Waals surface area (Å²) < 4.78 is 13.8. The molecule has 0 amide bonds. The Hall–Kier alpha value is -1.13. The first-order valence-electron chi connectivity index (χ1n) is 6.55. The molecule has 1 aromatic carbocycles. The fourth-order valence-electron chi connectivity index (χ4n) is 2.80. The molecule has 0 heterocycles. The van der Waals surface area contributed by atoms with Gasteiger partial charge >= 0.3 is 0 Å². The molecule has 1 aromatic rings. The molecule has 0 saturated heterocycles. The summed E-state index contributed by atoms with van der Waals surface area (Å²) in [6.07, 6.45) is 4.17. The first kappa shape index (κ1) is 14.3. The Morgan fingerprint density at radius 1 is 1.42 bits per heavy atom. The van der Waals surface area contributed by atoms with E-state index in [4.69, 9.17) is 11.6 Å². The van der Waals surface area contributed by atoms with Crippen LogP contribution >= 0.6 is 11.6 Å². The van der Waals surface area contributed by atoms with E-state index in [1.165, 1.54) is 6.07 Å². The molecule has 1 atom stereocenters. The molecule has 3 nitrogen and oxygen atoms in total. The zero-order chi connectivity index (χ0) is 13.8. The first-order valence-corrected chi connectivity index (χ1v) is 6.93. The van der Waals surface area contributed by atoms with Crippen molar-refractivity contribution in [2.45, 2.75) is 38.3 Å². The van der Waals surface area contributed by atoms with Gasteiger partial charge in [0.2, 0.25) is 0 Å². The van der Waals surface area contributed by atoms with Gasteiger partial charge in [0, 0.05) is 0 Å². The van der Waals surface area contributed by atoms with Crippen LogP contribution in [-0.4, -0.2) is 18.6 Å². The largest absolute Gasteiger partial charge is 0.544 e. The molecule has 0 spiro atoms. The number of carbonyl (C=O) groups is 1. The second-order valence-electron chi connectivity index (χ2n) is 5.07. The van der Waals surface area contributed by atoms with Crippen LogP contribution in [-0.2, 0) is 11.3 Å². The molecular formula is C14H17ClFNO2. The third-order valence-electron chi connectivity index (χ3n) is 3.77. The number of hydrogen-bond donors (Lipinski definition) is 1. The second-order valence-corrected chi connectivity index (χ2v) is 5.47. The highest BCUT2D eigenvalue weighted by molar-refractivity contribution is 6.31. The number of rotatable bonds is 5. The highest BCUT2D eigenvalue weighted by atomic mass is 35.5. The Labute approximate surface area is 117 Å². The van der Waals surface area contributed by atoms with E-state index in [1.807, 2.05) is 0 Å². The van der Waals surface area contributed by atoms with E-state index in [2.05, 4.69) is 0 Å². The smallest absolute Gasteiger partial charge is 0.133 e. The average Bonchev–Trinajstić information content (AvgIpc) is 2.85. The molecule has 5 heteroatoms. The van der Waals surface area contributed by atoms with Crippen molar-refractivity contribution in [1.29, 1.82) is 0 Å². The van der Waals surface area contributed by atoms with Crippen molar-refractivity contribution in [2.75, 3.05) is 6.54 Å². The number of benzene rings is 1. The zero-order valence-corrected chi connectivity index (χ0v) is 11.4. The number of carbonyl (C=O) groups excluding carboxylic acids is 1. The lowest BCUT2D eigenvalue weighted by Crippen LogP contribution is -3.15. The molecule has 19 heavy (non-hydrogen) atoms. The van der Waals surface area contributed by atoms with Crippen molar-refractivity contribution in [3.8, 4) is 0 Å². The highest BCUT2D eigenvalue weighted by Gasteiger charge is 2.27. The SMILES string of the molecule is O=C([O-])C[NH+](Cc1c(F)cccc1Cl)C1CCCC1. The summed E-state index contributed by atoms with van der Waals surface area (Å²) in [5, 5.41) is 11.2. The van der Waals surface area contributed by atoms with Gasteiger partial charge in [0.15, 0.2) is 0 Å². The Morgan fingerprint density at radius 2 is 2.11 bits per heavy atom. The van der Waals surface area contributed by atoms with Crippen molar-refractivity contribution in [3.05, 3.63) is 34.6 Å². The van der Waals surface area contributed by atoms with E-state index in [9.17, 15) is 14.3 Å². The lowest BCUT2D eigenvalue weighted by Gasteiger charge is -2.26. The van der Waals surface area contributed by atoms with Gasteiger partial charge in [-0.15, -0.1) is 0 Å². The highest BCUT2D eigenvalue weighted by Crippen LogP contribution is 2.19. The maximum atomic E-state index is 13.8. The molecule has 2 rings (SSSR count). The summed E-state index contributed by atoms with van der Waals surface area (Å²) in [7, 11) is 0. The number of quaternary nitrogens is 1. The molecular weight excluding hydrogens is 269 g/mol. The molecule has 1 aliphatic carbocycles. The van der Waals surface area contributed by atoms with Gasteiger partial charge < -0.3 is 14.8 Å². The van der Waals surface area contributed by atoms with Crippen LogP contribution in [0.5, 0.6) is 0 Å². The maximum Gasteiger partial charge on any atom is 0.133 e. The van der Waals surface area contributed by atoms with E-state index in [0.717, 1.165) is 30.6 Å². The minimum atomic E-state index is -1.10. The summed E-state index contributed by atoms with van der Waals surface area (Å²) in [6.45, 7) is 0.194. The Balaban J connectivity index is 2.17. The summed E-state index contributed by atoms with van der Waals surface area (Å²) in [4.78, 5) is 11.7. The van der Waals surface area contributed by atoms with E-state index in [0.29, 0.717) is 17.1 Å². The number of hydrogen-bond acceptors (Lipinski definition) is 2. The number of nitrogens with one attached hydrogen (secondary N) is 1. The van der Waals surface area contributed by atoms with Crippen LogP contribution in [0, 0.1) is 5.82 Å². The number of aliphatic carboxylic acids is 1. The van der Waals surface area contributed by atoms with Crippen LogP contribution in [0.25, 0.3) is 0 Å². The standard InChI is InChI=1S/C14H17ClFNO2/c15-12-6-3-7-13(16)11(12)8-17(9-14(18)19)10-4-1-2-5-10/h3,6-7,10H,1-2,4-5,8-9H2,(H,18,19). The predicted molar refractivity (Wildman–Crippen MR) is 68.2 cm³/mol. The van der Waals surface area contributed by atoms with Gasteiger partial charge in [-0.2, -0.15) is 0 Å². The van der Waals surface area contributed by atoms with Crippen LogP contribution in [0.1, 0.15) is 31.2 Å². The molecule has 1 saturated carbocycles. The number of carboxylic acid groups (broad SMARTS) is 1. The van der Waals surface area contributed by atoms with Crippen molar-refractivity contribution < 1.29 is 19.2 Å². The van der Waals surface area contributed by atoms with Crippen molar-refractivity contribution in [3.63, 3.8) is 0 Å². The van der Waals surface area contributed by atoms with Gasteiger partial charge in [-0.3, -0.25) is 0 Å². The van der Waals surface area contributed by atoms with E-state index in [1.54, 1.807) is 12.1 Å². The monoisotopic (exact) mass is 285 g/mol. The van der Waals surface area contributed by atoms with Gasteiger partial charge in [0.05, 0.1) is 22.6 Å². The normalized spacial score (nSPS) is 17.6. The summed E-state index contributed by atoms with van der Waals surface area (Å²) in [5.41, 5.74) is 0.396. The van der Waals surface area contributed by atoms with Gasteiger partial charge in [0.1, 0.15) is 18.9 Å². The minimum Gasteiger partial charge on any atom is -0.544 e. The van der Waals surface area contributed by atoms with E-state index in [-0.39, 0.29) is 18.4 Å². The molecule has 104 valence electrons. The predicted octanol–water partition coefficient (Wildman–Crippen LogP) is 0.556. The van der Waals surface area contributed by atoms with E-state index >= 15 is 0 Å². The first-order chi connectivity index (χ1) is 9.08. The molecule has 1 aliphatic rings. The third-order valence-corrected chi connectivity index (χ3v) is 4.12. The van der Waals surface area contributed by atoms with Gasteiger partial charge in [0.25, 0.3) is 0 Å². The summed E-state index contributed by atoms with van der Waals surface area (Å²) in [6, 6.07) is 4.79. The summed E-state index contributed by atoms with van der Waals surface area (Å²) in [5.74, 6) is -1.48. The molecule has 1 fully saturated rings. The minimum absolute atomic E-state index is 0.102. The molecule has 0 aromatic heterocycles. The average molecular weight is 286 g/mol. The molecule has 1 unspecified atom stereocenters. The van der Waals surface area contributed by atoms with Crippen molar-refractivity contribution in [2.24, 2.45) is 0 Å². The van der Waals surface area contributed by atoms with Crippen molar-refractivity contribution >= 4 is 17.6 Å². The lowest BCUT2D eigenvalue weighted by atomic mass is 10.1. The topological polar surface area (TPSA) is 44.6 Å². The van der Waals surface area contributed by atoms with Crippen LogP contribution in [0.15, 0.2) is 18.2 Å². The summed E-state index contributed by atoms with van der Waals surface area (Å²) >= 11 is 6.00. The van der Waals surface area contributed by atoms with Crippen LogP contribution in [0.2, 0.25) is 5.02 Å². The number of carboxylic acids is 1. The quantitative estimate of drug-likeness (QED) is 0.859. The third kappa shape index (κ3) is 3.67. The lowest BCUT2D eigenvalue weighted by molar-refractivity contribution is -0.932. The molecule has 0 bridgehead atoms. The van der Waals surface area contributed by atoms with Crippen LogP contribution in [0.3, 0.4) is 0 Å². The van der Waals surface area contributed by atoms with E-state index < -0.39 is 5.97 Å². The van der Waals surface area contributed by atoms with Crippen LogP contribution in [0.4, 0.5) is 4.39 Å². The Kier molecular flexibility index (Phi) is 4.77. The molecule has 0 radical (unpaired) electrons. The van der Waals surface area contributed by atoms with Gasteiger partial charge in [-0.05, 0) is 37.8 Å². The van der Waals surface area contributed by atoms with Gasteiger partial charge in [-0.1, -0.05) is 17.7 Å². The fraction of sp³-hybridized carbons (Fsp3) is 0.500. The fourth-order valence-corrected chi connectivity index (χ4v) is 3.03. The molecule has 1 N–H and O–H groups in total. The van der Waals surface area contributed by atoms with Crippen LogP contribution < -0.4 is 10.0 Å². The Bertz CT molecular complexity index is 441. The van der Waals surface area contributed by atoms with Gasteiger partial charge in [-0.25, -0.2) is 4.39 Å². The molecule has 0 aliphatic heterocycles. The maximum absolute atomic E-state index is 13.8. The second kappa shape index (κ2) is 6.35. The number of halogens is 2. The Morgan fingerprint density at radius 3 is 2.68 bits per heavy atom.